The molecule has 0 aliphatic carbocycles. The van der Waals surface area contributed by atoms with E-state index in [4.69, 9.17) is 9.84 Å². The number of hydrogen-bond acceptors (Lipinski definition) is 3. The minimum atomic E-state index is -0.987. The summed E-state index contributed by atoms with van der Waals surface area (Å²) >= 11 is 0. The Labute approximate surface area is 91.4 Å². The molecule has 0 radical (unpaired) electrons. The van der Waals surface area contributed by atoms with Crippen molar-refractivity contribution in [3.8, 4) is 5.75 Å². The van der Waals surface area contributed by atoms with Crippen molar-refractivity contribution in [2.75, 3.05) is 7.11 Å². The molecular weight excluding hydrogens is 208 g/mol. The number of hydrogen-bond donors (Lipinski definition) is 2. The standard InChI is InChI=1S/C11H10N2O3/c1-16-8-4-2-7(3-5-9(14)15)10-11(8)13-6-12-10/h2-6H,1H3,(H,12,13)(H,14,15)/b5-3+. The van der Waals surface area contributed by atoms with Crippen LogP contribution in [0.4, 0.5) is 0 Å². The number of rotatable bonds is 3. The molecule has 82 valence electrons. The lowest BCUT2D eigenvalue weighted by atomic mass is 10.1. The Morgan fingerprint density at radius 3 is 3.06 bits per heavy atom. The van der Waals surface area contributed by atoms with Crippen LogP contribution in [0.15, 0.2) is 24.5 Å². The molecule has 1 aromatic heterocycles. The molecule has 16 heavy (non-hydrogen) atoms. The Morgan fingerprint density at radius 2 is 2.38 bits per heavy atom. The molecule has 0 unspecified atom stereocenters. The van der Waals surface area contributed by atoms with Crippen LogP contribution in [-0.4, -0.2) is 28.2 Å². The first-order valence-corrected chi connectivity index (χ1v) is 4.63. The topological polar surface area (TPSA) is 75.2 Å². The molecule has 2 rings (SSSR count). The van der Waals surface area contributed by atoms with Gasteiger partial charge in [0.15, 0.2) is 0 Å². The minimum absolute atomic E-state index is 0.681. The van der Waals surface area contributed by atoms with E-state index in [1.54, 1.807) is 25.6 Å². The van der Waals surface area contributed by atoms with Gasteiger partial charge in [-0.15, -0.1) is 0 Å². The lowest BCUT2D eigenvalue weighted by Gasteiger charge is -2.02. The van der Waals surface area contributed by atoms with Crippen LogP contribution in [0.1, 0.15) is 5.56 Å². The van der Waals surface area contributed by atoms with Crippen LogP contribution in [0.5, 0.6) is 5.75 Å². The number of nitrogens with one attached hydrogen (secondary N) is 1. The smallest absolute Gasteiger partial charge is 0.328 e. The molecule has 0 bridgehead atoms. The molecule has 0 saturated carbocycles. The summed E-state index contributed by atoms with van der Waals surface area (Å²) in [7, 11) is 1.57. The summed E-state index contributed by atoms with van der Waals surface area (Å²) < 4.78 is 5.15. The first-order chi connectivity index (χ1) is 7.72. The van der Waals surface area contributed by atoms with Crippen LogP contribution in [0.2, 0.25) is 0 Å². The van der Waals surface area contributed by atoms with Crippen molar-refractivity contribution in [2.45, 2.75) is 0 Å². The zero-order valence-electron chi connectivity index (χ0n) is 8.60. The Morgan fingerprint density at radius 1 is 1.56 bits per heavy atom. The molecule has 0 fully saturated rings. The summed E-state index contributed by atoms with van der Waals surface area (Å²) in [6.07, 6.45) is 4.13. The van der Waals surface area contributed by atoms with E-state index in [2.05, 4.69) is 9.97 Å². The Bertz CT molecular complexity index is 557. The largest absolute Gasteiger partial charge is 0.494 e. The van der Waals surface area contributed by atoms with Gasteiger partial charge in [-0.25, -0.2) is 9.78 Å². The van der Waals surface area contributed by atoms with Crippen molar-refractivity contribution >= 4 is 23.1 Å². The van der Waals surface area contributed by atoms with Gasteiger partial charge in [0, 0.05) is 11.6 Å². The van der Waals surface area contributed by atoms with Gasteiger partial charge in [0.05, 0.1) is 19.0 Å². The maximum absolute atomic E-state index is 10.4. The fourth-order valence-electron chi connectivity index (χ4n) is 1.49. The summed E-state index contributed by atoms with van der Waals surface area (Å²) in [5, 5.41) is 8.56. The van der Waals surface area contributed by atoms with Gasteiger partial charge >= 0.3 is 5.97 Å². The number of imidazole rings is 1. The first-order valence-electron chi connectivity index (χ1n) is 4.63. The maximum atomic E-state index is 10.4. The zero-order valence-corrected chi connectivity index (χ0v) is 8.60. The van der Waals surface area contributed by atoms with Gasteiger partial charge in [-0.2, -0.15) is 0 Å². The highest BCUT2D eigenvalue weighted by Crippen LogP contribution is 2.25. The number of carboxylic acids is 1. The van der Waals surface area contributed by atoms with Crippen LogP contribution in [0, 0.1) is 0 Å². The number of carboxylic acid groups (broad SMARTS) is 1. The van der Waals surface area contributed by atoms with Crippen LogP contribution in [0.25, 0.3) is 17.1 Å². The molecule has 0 aliphatic rings. The Kier molecular flexibility index (Phi) is 2.59. The van der Waals surface area contributed by atoms with Gasteiger partial charge in [-0.05, 0) is 18.2 Å². The molecular formula is C11H10N2O3. The van der Waals surface area contributed by atoms with E-state index in [1.165, 1.54) is 6.08 Å². The van der Waals surface area contributed by atoms with Gasteiger partial charge in [-0.1, -0.05) is 0 Å². The molecule has 1 aromatic carbocycles. The molecule has 1 heterocycles. The Balaban J connectivity index is 2.55. The van der Waals surface area contributed by atoms with Crippen molar-refractivity contribution in [2.24, 2.45) is 0 Å². The highest BCUT2D eigenvalue weighted by Gasteiger charge is 2.06. The minimum Gasteiger partial charge on any atom is -0.494 e. The van der Waals surface area contributed by atoms with Crippen LogP contribution >= 0.6 is 0 Å². The van der Waals surface area contributed by atoms with Crippen LogP contribution in [0.3, 0.4) is 0 Å². The third kappa shape index (κ3) is 1.75. The molecule has 0 amide bonds. The highest BCUT2D eigenvalue weighted by molar-refractivity contribution is 5.93. The van der Waals surface area contributed by atoms with Gasteiger partial charge in [0.2, 0.25) is 0 Å². The SMILES string of the molecule is COc1ccc(/C=C/C(=O)O)c2nc[nH]c12. The first kappa shape index (κ1) is 10.2. The summed E-state index contributed by atoms with van der Waals surface area (Å²) in [5.41, 5.74) is 2.19. The number of benzene rings is 1. The summed E-state index contributed by atoms with van der Waals surface area (Å²) in [6, 6.07) is 3.53. The third-order valence-electron chi connectivity index (χ3n) is 2.20. The average Bonchev–Trinajstić information content (AvgIpc) is 2.74. The number of methoxy groups -OCH3 is 1. The van der Waals surface area contributed by atoms with E-state index in [-0.39, 0.29) is 0 Å². The maximum Gasteiger partial charge on any atom is 0.328 e. The number of ether oxygens (including phenoxy) is 1. The van der Waals surface area contributed by atoms with Crippen molar-refractivity contribution in [1.29, 1.82) is 0 Å². The number of carbonyl (C=O) groups is 1. The van der Waals surface area contributed by atoms with Crippen molar-refractivity contribution in [3.63, 3.8) is 0 Å². The number of nitrogens with zero attached hydrogens (tertiary/aromatic N) is 1. The monoisotopic (exact) mass is 218 g/mol. The van der Waals surface area contributed by atoms with Gasteiger partial charge in [-0.3, -0.25) is 0 Å². The second-order valence-electron chi connectivity index (χ2n) is 3.15. The molecule has 2 aromatic rings. The molecule has 0 atom stereocenters. The van der Waals surface area contributed by atoms with E-state index in [9.17, 15) is 4.79 Å². The van der Waals surface area contributed by atoms with E-state index in [0.29, 0.717) is 11.3 Å². The number of fused-ring (bicyclic) bond motifs is 1. The molecule has 5 heteroatoms. The highest BCUT2D eigenvalue weighted by atomic mass is 16.5. The molecule has 5 nitrogen and oxygen atoms in total. The molecule has 0 saturated heterocycles. The molecule has 0 spiro atoms. The van der Waals surface area contributed by atoms with Gasteiger partial charge in [0.1, 0.15) is 11.3 Å². The van der Waals surface area contributed by atoms with Crippen molar-refractivity contribution in [3.05, 3.63) is 30.1 Å². The second kappa shape index (κ2) is 4.06. The van der Waals surface area contributed by atoms with E-state index < -0.39 is 5.97 Å². The fourth-order valence-corrected chi connectivity index (χ4v) is 1.49. The second-order valence-corrected chi connectivity index (χ2v) is 3.15. The van der Waals surface area contributed by atoms with Gasteiger partial charge < -0.3 is 14.8 Å². The fraction of sp³-hybridized carbons (Fsp3) is 0.0909. The predicted molar refractivity (Wildman–Crippen MR) is 59.3 cm³/mol. The predicted octanol–water partition coefficient (Wildman–Crippen LogP) is 1.67. The van der Waals surface area contributed by atoms with E-state index >= 15 is 0 Å². The lowest BCUT2D eigenvalue weighted by Crippen LogP contribution is -1.88. The molecule has 2 N–H and O–H groups in total. The lowest BCUT2D eigenvalue weighted by molar-refractivity contribution is -0.131. The average molecular weight is 218 g/mol. The van der Waals surface area contributed by atoms with Gasteiger partial charge in [0.25, 0.3) is 0 Å². The summed E-state index contributed by atoms with van der Waals surface area (Å²) in [6.45, 7) is 0. The number of H-pyrrole nitrogens is 1. The quantitative estimate of drug-likeness (QED) is 0.768. The van der Waals surface area contributed by atoms with Crippen molar-refractivity contribution in [1.82, 2.24) is 9.97 Å². The van der Waals surface area contributed by atoms with Crippen LogP contribution < -0.4 is 4.74 Å². The Hall–Kier alpha value is -2.30. The summed E-state index contributed by atoms with van der Waals surface area (Å²) in [4.78, 5) is 17.5. The zero-order chi connectivity index (χ0) is 11.5. The number of aromatic nitrogens is 2. The number of aromatic amines is 1. The van der Waals surface area contributed by atoms with E-state index in [0.717, 1.165) is 17.2 Å². The molecule has 0 aliphatic heterocycles. The number of aliphatic carboxylic acids is 1. The summed E-state index contributed by atoms with van der Waals surface area (Å²) in [5.74, 6) is -0.306. The van der Waals surface area contributed by atoms with Crippen LogP contribution in [-0.2, 0) is 4.79 Å². The third-order valence-corrected chi connectivity index (χ3v) is 2.20. The van der Waals surface area contributed by atoms with E-state index in [1.807, 2.05) is 0 Å². The van der Waals surface area contributed by atoms with Crippen molar-refractivity contribution < 1.29 is 14.6 Å². The normalized spacial score (nSPS) is 11.1.